The predicted molar refractivity (Wildman–Crippen MR) is 50.7 cm³/mol. The van der Waals surface area contributed by atoms with Crippen LogP contribution in [0.15, 0.2) is 18.3 Å². The van der Waals surface area contributed by atoms with Crippen molar-refractivity contribution in [2.45, 2.75) is 19.9 Å². The molecule has 0 aliphatic carbocycles. The summed E-state index contributed by atoms with van der Waals surface area (Å²) in [6.45, 7) is 3.64. The molecule has 0 aliphatic rings. The number of carbonyl (C=O) groups is 1. The Hall–Kier alpha value is -1.76. The summed E-state index contributed by atoms with van der Waals surface area (Å²) in [6.07, 6.45) is 1.62. The lowest BCUT2D eigenvalue weighted by Gasteiger charge is -2.18. The van der Waals surface area contributed by atoms with Gasteiger partial charge in [0.1, 0.15) is 17.8 Å². The first-order valence-electron chi connectivity index (χ1n) is 4.37. The zero-order chi connectivity index (χ0) is 10.7. The number of hydrogen-bond donors (Lipinski definition) is 1. The summed E-state index contributed by atoms with van der Waals surface area (Å²) in [5.74, 6) is -0.959. The highest BCUT2D eigenvalue weighted by molar-refractivity contribution is 5.72. The average Bonchev–Trinajstić information content (AvgIpc) is 2.51. The molecular formula is C10H12N2O2. The van der Waals surface area contributed by atoms with Gasteiger partial charge in [0, 0.05) is 6.20 Å². The lowest BCUT2D eigenvalue weighted by Crippen LogP contribution is -2.24. The second kappa shape index (κ2) is 3.97. The van der Waals surface area contributed by atoms with Crippen LogP contribution in [0, 0.1) is 17.2 Å². The fraction of sp³-hybridized carbons (Fsp3) is 0.400. The molecule has 14 heavy (non-hydrogen) atoms. The molecule has 0 aromatic carbocycles. The van der Waals surface area contributed by atoms with Crippen molar-refractivity contribution in [3.05, 3.63) is 24.0 Å². The Labute approximate surface area is 82.4 Å². The second-order valence-electron chi connectivity index (χ2n) is 3.44. The number of nitriles is 1. The summed E-state index contributed by atoms with van der Waals surface area (Å²) >= 11 is 0. The minimum absolute atomic E-state index is 0.0491. The molecule has 1 rings (SSSR count). The van der Waals surface area contributed by atoms with Crippen LogP contribution in [0.3, 0.4) is 0 Å². The normalized spacial score (nSPS) is 12.4. The molecule has 1 aromatic rings. The van der Waals surface area contributed by atoms with Crippen LogP contribution < -0.4 is 0 Å². The van der Waals surface area contributed by atoms with E-state index in [0.717, 1.165) is 0 Å². The van der Waals surface area contributed by atoms with Gasteiger partial charge in [0.05, 0.1) is 0 Å². The summed E-state index contributed by atoms with van der Waals surface area (Å²) < 4.78 is 1.49. The molecule has 0 saturated carbocycles. The maximum absolute atomic E-state index is 11.0. The van der Waals surface area contributed by atoms with Crippen LogP contribution in [-0.4, -0.2) is 15.6 Å². The monoisotopic (exact) mass is 192 g/mol. The van der Waals surface area contributed by atoms with E-state index in [4.69, 9.17) is 10.4 Å². The van der Waals surface area contributed by atoms with Gasteiger partial charge in [0.2, 0.25) is 0 Å². The lowest BCUT2D eigenvalue weighted by molar-refractivity contribution is -0.142. The van der Waals surface area contributed by atoms with Crippen molar-refractivity contribution in [3.8, 4) is 6.07 Å². The molecule has 74 valence electrons. The number of aromatic nitrogens is 1. The largest absolute Gasteiger partial charge is 0.480 e. The van der Waals surface area contributed by atoms with Gasteiger partial charge in [-0.25, -0.2) is 4.79 Å². The summed E-state index contributed by atoms with van der Waals surface area (Å²) in [6, 6.07) is 4.59. The summed E-state index contributed by atoms with van der Waals surface area (Å²) in [5.41, 5.74) is 0.381. The fourth-order valence-corrected chi connectivity index (χ4v) is 1.46. The number of rotatable bonds is 3. The molecule has 0 fully saturated rings. The highest BCUT2D eigenvalue weighted by Crippen LogP contribution is 2.20. The Morgan fingerprint density at radius 3 is 2.71 bits per heavy atom. The van der Waals surface area contributed by atoms with E-state index in [0.29, 0.717) is 5.69 Å². The third-order valence-corrected chi connectivity index (χ3v) is 2.08. The minimum Gasteiger partial charge on any atom is -0.480 e. The molecule has 1 unspecified atom stereocenters. The van der Waals surface area contributed by atoms with Crippen molar-refractivity contribution in [1.82, 2.24) is 4.57 Å². The summed E-state index contributed by atoms with van der Waals surface area (Å²) in [7, 11) is 0. The first kappa shape index (κ1) is 10.3. The molecule has 0 spiro atoms. The van der Waals surface area contributed by atoms with Crippen LogP contribution in [0.1, 0.15) is 25.6 Å². The van der Waals surface area contributed by atoms with E-state index >= 15 is 0 Å². The number of carboxylic acids is 1. The van der Waals surface area contributed by atoms with E-state index in [-0.39, 0.29) is 5.92 Å². The Morgan fingerprint density at radius 2 is 2.29 bits per heavy atom. The molecule has 1 N–H and O–H groups in total. The van der Waals surface area contributed by atoms with Gasteiger partial charge in [-0.2, -0.15) is 5.26 Å². The van der Waals surface area contributed by atoms with Crippen LogP contribution in [-0.2, 0) is 4.79 Å². The Morgan fingerprint density at radius 1 is 1.64 bits per heavy atom. The minimum atomic E-state index is -0.910. The topological polar surface area (TPSA) is 66.0 Å². The van der Waals surface area contributed by atoms with Crippen molar-refractivity contribution < 1.29 is 9.90 Å². The summed E-state index contributed by atoms with van der Waals surface area (Å²) in [4.78, 5) is 11.0. The third kappa shape index (κ3) is 1.77. The molecule has 4 nitrogen and oxygen atoms in total. The van der Waals surface area contributed by atoms with Gasteiger partial charge in [0.15, 0.2) is 0 Å². The number of carboxylic acid groups (broad SMARTS) is 1. The van der Waals surface area contributed by atoms with E-state index in [2.05, 4.69) is 0 Å². The van der Waals surface area contributed by atoms with Crippen LogP contribution >= 0.6 is 0 Å². The highest BCUT2D eigenvalue weighted by Gasteiger charge is 2.24. The molecule has 4 heteroatoms. The molecule has 0 radical (unpaired) electrons. The third-order valence-electron chi connectivity index (χ3n) is 2.08. The summed E-state index contributed by atoms with van der Waals surface area (Å²) in [5, 5.41) is 17.8. The van der Waals surface area contributed by atoms with Gasteiger partial charge in [0.25, 0.3) is 0 Å². The smallest absolute Gasteiger partial charge is 0.326 e. The Balaban J connectivity index is 3.13. The first-order valence-corrected chi connectivity index (χ1v) is 4.37. The van der Waals surface area contributed by atoms with Crippen LogP contribution in [0.4, 0.5) is 0 Å². The fourth-order valence-electron chi connectivity index (χ4n) is 1.46. The van der Waals surface area contributed by atoms with E-state index in [1.54, 1.807) is 18.3 Å². The standard InChI is InChI=1S/C10H12N2O2/c1-7(2)9(10(13)14)12-5-3-4-8(12)6-11/h3-5,7,9H,1-2H3,(H,13,14). The predicted octanol–water partition coefficient (Wildman–Crippen LogP) is 1.64. The zero-order valence-electron chi connectivity index (χ0n) is 8.14. The number of nitrogens with zero attached hydrogens (tertiary/aromatic N) is 2. The van der Waals surface area contributed by atoms with Gasteiger partial charge in [-0.05, 0) is 18.1 Å². The Kier molecular flexibility index (Phi) is 2.92. The number of aliphatic carboxylic acids is 1. The SMILES string of the molecule is CC(C)C(C(=O)O)n1cccc1C#N. The van der Waals surface area contributed by atoms with E-state index < -0.39 is 12.0 Å². The maximum Gasteiger partial charge on any atom is 0.326 e. The van der Waals surface area contributed by atoms with E-state index in [1.165, 1.54) is 4.57 Å². The van der Waals surface area contributed by atoms with Gasteiger partial charge in [-0.3, -0.25) is 0 Å². The van der Waals surface area contributed by atoms with Gasteiger partial charge in [-0.15, -0.1) is 0 Å². The van der Waals surface area contributed by atoms with Gasteiger partial charge >= 0.3 is 5.97 Å². The van der Waals surface area contributed by atoms with Crippen molar-refractivity contribution in [1.29, 1.82) is 5.26 Å². The maximum atomic E-state index is 11.0. The first-order chi connectivity index (χ1) is 6.57. The van der Waals surface area contributed by atoms with Gasteiger partial charge in [-0.1, -0.05) is 13.8 Å². The van der Waals surface area contributed by atoms with Crippen molar-refractivity contribution in [2.75, 3.05) is 0 Å². The average molecular weight is 192 g/mol. The molecule has 1 atom stereocenters. The van der Waals surface area contributed by atoms with Crippen molar-refractivity contribution >= 4 is 5.97 Å². The van der Waals surface area contributed by atoms with Crippen molar-refractivity contribution in [3.63, 3.8) is 0 Å². The van der Waals surface area contributed by atoms with E-state index in [9.17, 15) is 4.79 Å². The number of hydrogen-bond acceptors (Lipinski definition) is 2. The molecule has 0 aliphatic heterocycles. The van der Waals surface area contributed by atoms with Crippen molar-refractivity contribution in [2.24, 2.45) is 5.92 Å². The second-order valence-corrected chi connectivity index (χ2v) is 3.44. The van der Waals surface area contributed by atoms with E-state index in [1.807, 2.05) is 19.9 Å². The molecule has 1 heterocycles. The zero-order valence-corrected chi connectivity index (χ0v) is 8.14. The molecule has 0 bridgehead atoms. The van der Waals surface area contributed by atoms with Gasteiger partial charge < -0.3 is 9.67 Å². The van der Waals surface area contributed by atoms with Crippen LogP contribution in [0.2, 0.25) is 0 Å². The highest BCUT2D eigenvalue weighted by atomic mass is 16.4. The molecular weight excluding hydrogens is 180 g/mol. The molecule has 0 amide bonds. The quantitative estimate of drug-likeness (QED) is 0.791. The molecule has 0 saturated heterocycles. The van der Waals surface area contributed by atoms with Crippen LogP contribution in [0.5, 0.6) is 0 Å². The van der Waals surface area contributed by atoms with Crippen LogP contribution in [0.25, 0.3) is 0 Å². The molecule has 1 aromatic heterocycles. The lowest BCUT2D eigenvalue weighted by atomic mass is 10.0. The Bertz CT molecular complexity index is 374.